The number of rotatable bonds is 4. The highest BCUT2D eigenvalue weighted by Gasteiger charge is 2.10. The summed E-state index contributed by atoms with van der Waals surface area (Å²) in [4.78, 5) is 0. The van der Waals surface area contributed by atoms with Gasteiger partial charge in [0.05, 0.1) is 0 Å². The zero-order valence-electron chi connectivity index (χ0n) is 9.80. The molecule has 0 bridgehead atoms. The van der Waals surface area contributed by atoms with Crippen LogP contribution in [0.1, 0.15) is 37.4 Å². The van der Waals surface area contributed by atoms with Crippen LogP contribution >= 0.6 is 0 Å². The number of nitrogens with one attached hydrogen (secondary N) is 1. The Kier molecular flexibility index (Phi) is 4.93. The first kappa shape index (κ1) is 11.8. The van der Waals surface area contributed by atoms with Crippen LogP contribution in [0.25, 0.3) is 0 Å². The molecule has 1 aromatic rings. The average Bonchev–Trinajstić information content (AvgIpc) is 2.25. The molecule has 0 spiro atoms. The minimum Gasteiger partial charge on any atom is -0.309 e. The number of hydrogen-bond acceptors (Lipinski definition) is 1. The Morgan fingerprint density at radius 1 is 1.33 bits per heavy atom. The van der Waals surface area contributed by atoms with Crippen molar-refractivity contribution in [2.45, 2.75) is 33.2 Å². The minimum atomic E-state index is 0.364. The summed E-state index contributed by atoms with van der Waals surface area (Å²) in [6, 6.07) is 8.86. The first-order chi connectivity index (χ1) is 7.29. The highest BCUT2D eigenvalue weighted by molar-refractivity contribution is 5.29. The molecule has 1 atom stereocenters. The van der Waals surface area contributed by atoms with Gasteiger partial charge in [0, 0.05) is 12.5 Å². The molecule has 1 unspecified atom stereocenters. The van der Waals surface area contributed by atoms with Crippen LogP contribution in [0.15, 0.2) is 24.3 Å². The summed E-state index contributed by atoms with van der Waals surface area (Å²) in [6.07, 6.45) is 0.884. The molecule has 0 heterocycles. The molecule has 0 radical (unpaired) electrons. The summed E-state index contributed by atoms with van der Waals surface area (Å²) in [5.41, 5.74) is 2.70. The SMILES string of the molecule is CC#CCC(NCC)c1ccccc1C. The van der Waals surface area contributed by atoms with Crippen LogP contribution in [-0.2, 0) is 0 Å². The largest absolute Gasteiger partial charge is 0.309 e. The van der Waals surface area contributed by atoms with E-state index in [4.69, 9.17) is 0 Å². The van der Waals surface area contributed by atoms with Crippen molar-refractivity contribution in [3.8, 4) is 11.8 Å². The molecule has 80 valence electrons. The van der Waals surface area contributed by atoms with Gasteiger partial charge in [0.15, 0.2) is 0 Å². The fraction of sp³-hybridized carbons (Fsp3) is 0.429. The summed E-state index contributed by atoms with van der Waals surface area (Å²) in [5, 5.41) is 3.47. The normalized spacial score (nSPS) is 11.7. The van der Waals surface area contributed by atoms with Gasteiger partial charge < -0.3 is 5.32 Å². The minimum absolute atomic E-state index is 0.364. The molecule has 0 aliphatic rings. The predicted octanol–water partition coefficient (Wildman–Crippen LogP) is 3.06. The van der Waals surface area contributed by atoms with Gasteiger partial charge in [0.25, 0.3) is 0 Å². The van der Waals surface area contributed by atoms with Crippen LogP contribution < -0.4 is 5.32 Å². The van der Waals surface area contributed by atoms with Gasteiger partial charge in [-0.2, -0.15) is 0 Å². The van der Waals surface area contributed by atoms with Crippen molar-refractivity contribution >= 4 is 0 Å². The Balaban J connectivity index is 2.86. The lowest BCUT2D eigenvalue weighted by atomic mass is 9.99. The van der Waals surface area contributed by atoms with Crippen molar-refractivity contribution in [1.82, 2.24) is 5.32 Å². The summed E-state index contributed by atoms with van der Waals surface area (Å²) in [5.74, 6) is 6.10. The van der Waals surface area contributed by atoms with Crippen molar-refractivity contribution < 1.29 is 0 Å². The Bertz CT molecular complexity index is 357. The van der Waals surface area contributed by atoms with E-state index >= 15 is 0 Å². The second-order valence-corrected chi connectivity index (χ2v) is 3.60. The van der Waals surface area contributed by atoms with Crippen LogP contribution in [0.5, 0.6) is 0 Å². The van der Waals surface area contributed by atoms with Gasteiger partial charge in [-0.1, -0.05) is 31.2 Å². The quantitative estimate of drug-likeness (QED) is 0.738. The molecule has 1 rings (SSSR count). The number of benzene rings is 1. The Labute approximate surface area is 92.9 Å². The first-order valence-electron chi connectivity index (χ1n) is 5.48. The third kappa shape index (κ3) is 3.42. The fourth-order valence-electron chi connectivity index (χ4n) is 1.72. The fourth-order valence-corrected chi connectivity index (χ4v) is 1.72. The second-order valence-electron chi connectivity index (χ2n) is 3.60. The summed E-state index contributed by atoms with van der Waals surface area (Å²) in [6.45, 7) is 7.15. The van der Waals surface area contributed by atoms with E-state index in [1.54, 1.807) is 0 Å². The maximum Gasteiger partial charge on any atom is 0.0433 e. The molecular weight excluding hydrogens is 182 g/mol. The van der Waals surface area contributed by atoms with Gasteiger partial charge in [0.1, 0.15) is 0 Å². The van der Waals surface area contributed by atoms with Crippen LogP contribution in [0.2, 0.25) is 0 Å². The molecule has 1 aromatic carbocycles. The molecule has 1 nitrogen and oxygen atoms in total. The molecule has 0 saturated carbocycles. The van der Waals surface area contributed by atoms with Gasteiger partial charge in [-0.05, 0) is 31.5 Å². The van der Waals surface area contributed by atoms with Gasteiger partial charge in [0.2, 0.25) is 0 Å². The maximum atomic E-state index is 3.47. The lowest BCUT2D eigenvalue weighted by Crippen LogP contribution is -2.21. The predicted molar refractivity (Wildman–Crippen MR) is 65.7 cm³/mol. The van der Waals surface area contributed by atoms with Crippen molar-refractivity contribution in [2.24, 2.45) is 0 Å². The molecule has 0 amide bonds. The number of aryl methyl sites for hydroxylation is 1. The molecule has 0 aliphatic carbocycles. The number of hydrogen-bond donors (Lipinski definition) is 1. The Morgan fingerprint density at radius 3 is 2.67 bits per heavy atom. The Hall–Kier alpha value is -1.26. The molecule has 15 heavy (non-hydrogen) atoms. The molecule has 0 fully saturated rings. The molecule has 0 aliphatic heterocycles. The Morgan fingerprint density at radius 2 is 2.07 bits per heavy atom. The summed E-state index contributed by atoms with van der Waals surface area (Å²) >= 11 is 0. The maximum absolute atomic E-state index is 3.47. The molecule has 0 saturated heterocycles. The molecule has 0 aromatic heterocycles. The third-order valence-corrected chi connectivity index (χ3v) is 2.50. The summed E-state index contributed by atoms with van der Waals surface area (Å²) < 4.78 is 0. The van der Waals surface area contributed by atoms with Crippen LogP contribution in [0.4, 0.5) is 0 Å². The van der Waals surface area contributed by atoms with Crippen molar-refractivity contribution in [1.29, 1.82) is 0 Å². The van der Waals surface area contributed by atoms with E-state index < -0.39 is 0 Å². The summed E-state index contributed by atoms with van der Waals surface area (Å²) in [7, 11) is 0. The van der Waals surface area contributed by atoms with Crippen LogP contribution in [0.3, 0.4) is 0 Å². The van der Waals surface area contributed by atoms with E-state index in [0.717, 1.165) is 13.0 Å². The second kappa shape index (κ2) is 6.27. The van der Waals surface area contributed by atoms with E-state index in [-0.39, 0.29) is 0 Å². The van der Waals surface area contributed by atoms with E-state index in [1.807, 2.05) is 6.92 Å². The van der Waals surface area contributed by atoms with Gasteiger partial charge >= 0.3 is 0 Å². The lowest BCUT2D eigenvalue weighted by Gasteiger charge is -2.17. The smallest absolute Gasteiger partial charge is 0.0433 e. The van der Waals surface area contributed by atoms with Crippen molar-refractivity contribution in [3.63, 3.8) is 0 Å². The molecule has 1 heteroatoms. The van der Waals surface area contributed by atoms with Crippen LogP contribution in [-0.4, -0.2) is 6.54 Å². The highest BCUT2D eigenvalue weighted by atomic mass is 14.9. The van der Waals surface area contributed by atoms with E-state index in [9.17, 15) is 0 Å². The highest BCUT2D eigenvalue weighted by Crippen LogP contribution is 2.19. The van der Waals surface area contributed by atoms with Gasteiger partial charge in [-0.3, -0.25) is 0 Å². The van der Waals surface area contributed by atoms with Crippen molar-refractivity contribution in [3.05, 3.63) is 35.4 Å². The van der Waals surface area contributed by atoms with Gasteiger partial charge in [-0.15, -0.1) is 11.8 Å². The van der Waals surface area contributed by atoms with E-state index in [1.165, 1.54) is 11.1 Å². The van der Waals surface area contributed by atoms with Crippen LogP contribution in [0, 0.1) is 18.8 Å². The third-order valence-electron chi connectivity index (χ3n) is 2.50. The van der Waals surface area contributed by atoms with E-state index in [0.29, 0.717) is 6.04 Å². The average molecular weight is 201 g/mol. The van der Waals surface area contributed by atoms with E-state index in [2.05, 4.69) is 55.3 Å². The van der Waals surface area contributed by atoms with Crippen molar-refractivity contribution in [2.75, 3.05) is 6.54 Å². The molecular formula is C14H19N. The first-order valence-corrected chi connectivity index (χ1v) is 5.48. The zero-order chi connectivity index (χ0) is 11.1. The van der Waals surface area contributed by atoms with Gasteiger partial charge in [-0.25, -0.2) is 0 Å². The standard InChI is InChI=1S/C14H19N/c1-4-6-11-14(15-5-2)13-10-8-7-9-12(13)3/h7-10,14-15H,5,11H2,1-3H3. The topological polar surface area (TPSA) is 12.0 Å². The molecule has 1 N–H and O–H groups in total. The lowest BCUT2D eigenvalue weighted by molar-refractivity contribution is 0.562. The monoisotopic (exact) mass is 201 g/mol. The zero-order valence-corrected chi connectivity index (χ0v) is 9.80.